The van der Waals surface area contributed by atoms with Crippen LogP contribution in [0.15, 0.2) is 17.2 Å². The number of hydrogen-bond acceptors (Lipinski definition) is 4. The van der Waals surface area contributed by atoms with Gasteiger partial charge in [-0.05, 0) is 24.1 Å². The Morgan fingerprint density at radius 1 is 1.65 bits per heavy atom. The summed E-state index contributed by atoms with van der Waals surface area (Å²) < 4.78 is 4.88. The third-order valence-corrected chi connectivity index (χ3v) is 3.05. The molecule has 0 fully saturated rings. The van der Waals surface area contributed by atoms with Gasteiger partial charge in [-0.25, -0.2) is 0 Å². The molecule has 0 aliphatic rings. The molecule has 0 unspecified atom stereocenters. The Balaban J connectivity index is 2.40. The smallest absolute Gasteiger partial charge is 0.261 e. The third-order valence-electron chi connectivity index (χ3n) is 1.99. The number of thiophene rings is 1. The van der Waals surface area contributed by atoms with Gasteiger partial charge in [-0.15, -0.1) is 11.3 Å². The molecule has 0 aliphatic carbocycles. The zero-order valence-electron chi connectivity index (χ0n) is 9.55. The molecule has 1 heterocycles. The number of ether oxygens (including phenoxy) is 1. The summed E-state index contributed by atoms with van der Waals surface area (Å²) in [5.41, 5.74) is 8.18. The van der Waals surface area contributed by atoms with Crippen LogP contribution < -0.4 is 5.32 Å². The monoisotopic (exact) mass is 254 g/mol. The van der Waals surface area contributed by atoms with Crippen LogP contribution in [0.2, 0.25) is 0 Å². The highest BCUT2D eigenvalue weighted by molar-refractivity contribution is 7.14. The van der Waals surface area contributed by atoms with E-state index in [0.29, 0.717) is 18.0 Å². The zero-order chi connectivity index (χ0) is 12.5. The van der Waals surface area contributed by atoms with Crippen LogP contribution in [0, 0.1) is 0 Å². The van der Waals surface area contributed by atoms with Crippen molar-refractivity contribution in [3.05, 3.63) is 32.3 Å². The number of azide groups is 1. The van der Waals surface area contributed by atoms with Crippen molar-refractivity contribution in [3.63, 3.8) is 0 Å². The van der Waals surface area contributed by atoms with Crippen LogP contribution in [0.5, 0.6) is 0 Å². The van der Waals surface area contributed by atoms with Crippen molar-refractivity contribution in [2.24, 2.45) is 5.11 Å². The number of methoxy groups -OCH3 is 1. The topological polar surface area (TPSA) is 87.1 Å². The van der Waals surface area contributed by atoms with Crippen molar-refractivity contribution in [1.29, 1.82) is 0 Å². The second-order valence-electron chi connectivity index (χ2n) is 3.26. The molecule has 0 atom stereocenters. The third kappa shape index (κ3) is 4.86. The van der Waals surface area contributed by atoms with E-state index in [1.165, 1.54) is 11.3 Å². The molecule has 7 heteroatoms. The quantitative estimate of drug-likeness (QED) is 0.350. The fourth-order valence-electron chi connectivity index (χ4n) is 1.19. The van der Waals surface area contributed by atoms with Crippen molar-refractivity contribution in [1.82, 2.24) is 5.32 Å². The van der Waals surface area contributed by atoms with Crippen molar-refractivity contribution < 1.29 is 9.53 Å². The molecule has 1 aromatic rings. The minimum atomic E-state index is -0.0988. The van der Waals surface area contributed by atoms with Crippen LogP contribution in [-0.2, 0) is 11.3 Å². The van der Waals surface area contributed by atoms with E-state index in [2.05, 4.69) is 15.3 Å². The average molecular weight is 254 g/mol. The summed E-state index contributed by atoms with van der Waals surface area (Å²) in [6.45, 7) is 1.52. The van der Waals surface area contributed by atoms with Crippen LogP contribution in [-0.4, -0.2) is 26.2 Å². The van der Waals surface area contributed by atoms with Crippen molar-refractivity contribution in [3.8, 4) is 0 Å². The molecule has 6 nitrogen and oxygen atoms in total. The SMILES string of the molecule is COCCCNC(=O)c1ccc(CN=[N+]=[N-])s1. The van der Waals surface area contributed by atoms with Crippen molar-refractivity contribution in [2.45, 2.75) is 13.0 Å². The Hall–Kier alpha value is -1.56. The van der Waals surface area contributed by atoms with Crippen LogP contribution in [0.3, 0.4) is 0 Å². The first-order chi connectivity index (χ1) is 8.27. The molecule has 0 saturated heterocycles. The lowest BCUT2D eigenvalue weighted by Crippen LogP contribution is -2.24. The van der Waals surface area contributed by atoms with Gasteiger partial charge in [0.1, 0.15) is 0 Å². The molecule has 0 aliphatic heterocycles. The first-order valence-corrected chi connectivity index (χ1v) is 5.96. The minimum Gasteiger partial charge on any atom is -0.385 e. The van der Waals surface area contributed by atoms with Gasteiger partial charge in [-0.1, -0.05) is 5.11 Å². The van der Waals surface area contributed by atoms with Crippen LogP contribution in [0.4, 0.5) is 0 Å². The van der Waals surface area contributed by atoms with E-state index in [9.17, 15) is 4.79 Å². The second-order valence-corrected chi connectivity index (χ2v) is 4.43. The largest absolute Gasteiger partial charge is 0.385 e. The first-order valence-electron chi connectivity index (χ1n) is 5.14. The molecule has 0 bridgehead atoms. The maximum absolute atomic E-state index is 11.7. The summed E-state index contributed by atoms with van der Waals surface area (Å²) in [7, 11) is 1.63. The second kappa shape index (κ2) is 7.67. The lowest BCUT2D eigenvalue weighted by Gasteiger charge is -2.02. The Labute approximate surface area is 103 Å². The molecule has 0 aromatic carbocycles. The van der Waals surface area contributed by atoms with E-state index in [1.807, 2.05) is 0 Å². The summed E-state index contributed by atoms with van der Waals surface area (Å²) in [6, 6.07) is 3.53. The number of carbonyl (C=O) groups is 1. The Bertz CT molecular complexity index is 412. The zero-order valence-corrected chi connectivity index (χ0v) is 10.4. The first kappa shape index (κ1) is 13.5. The fraction of sp³-hybridized carbons (Fsp3) is 0.500. The van der Waals surface area contributed by atoms with E-state index in [0.717, 1.165) is 11.3 Å². The fourth-order valence-corrected chi connectivity index (χ4v) is 2.03. The summed E-state index contributed by atoms with van der Waals surface area (Å²) in [5.74, 6) is -0.0988. The van der Waals surface area contributed by atoms with Gasteiger partial charge in [0.2, 0.25) is 0 Å². The van der Waals surface area contributed by atoms with E-state index >= 15 is 0 Å². The van der Waals surface area contributed by atoms with Crippen LogP contribution in [0.25, 0.3) is 10.4 Å². The van der Waals surface area contributed by atoms with Gasteiger partial charge in [0.05, 0.1) is 11.4 Å². The molecule has 92 valence electrons. The Morgan fingerprint density at radius 3 is 3.18 bits per heavy atom. The number of carbonyl (C=O) groups excluding carboxylic acids is 1. The summed E-state index contributed by atoms with van der Waals surface area (Å²) in [5, 5.41) is 6.24. The highest BCUT2D eigenvalue weighted by Gasteiger charge is 2.07. The van der Waals surface area contributed by atoms with E-state index < -0.39 is 0 Å². The number of rotatable bonds is 7. The van der Waals surface area contributed by atoms with Crippen LogP contribution >= 0.6 is 11.3 Å². The predicted octanol–water partition coefficient (Wildman–Crippen LogP) is 2.32. The molecule has 1 N–H and O–H groups in total. The van der Waals surface area contributed by atoms with Gasteiger partial charge in [-0.3, -0.25) is 4.79 Å². The average Bonchev–Trinajstić information content (AvgIpc) is 2.80. The van der Waals surface area contributed by atoms with Gasteiger partial charge in [0.15, 0.2) is 0 Å². The van der Waals surface area contributed by atoms with Crippen molar-refractivity contribution >= 4 is 17.2 Å². The number of nitrogens with one attached hydrogen (secondary N) is 1. The molecule has 17 heavy (non-hydrogen) atoms. The number of hydrogen-bond donors (Lipinski definition) is 1. The van der Waals surface area contributed by atoms with Crippen LogP contribution in [0.1, 0.15) is 21.0 Å². The summed E-state index contributed by atoms with van der Waals surface area (Å²) >= 11 is 1.34. The lowest BCUT2D eigenvalue weighted by molar-refractivity contribution is 0.0952. The van der Waals surface area contributed by atoms with Gasteiger partial charge < -0.3 is 10.1 Å². The highest BCUT2D eigenvalue weighted by Crippen LogP contribution is 2.17. The molecule has 1 amide bonds. The van der Waals surface area contributed by atoms with E-state index in [4.69, 9.17) is 10.3 Å². The standard InChI is InChI=1S/C10H14N4O2S/c1-16-6-2-5-12-10(15)9-4-3-8(17-9)7-13-14-11/h3-4H,2,5-7H2,1H3,(H,12,15). The van der Waals surface area contributed by atoms with Gasteiger partial charge >= 0.3 is 0 Å². The normalized spacial score (nSPS) is 9.71. The summed E-state index contributed by atoms with van der Waals surface area (Å²) in [6.07, 6.45) is 0.791. The summed E-state index contributed by atoms with van der Waals surface area (Å²) in [4.78, 5) is 15.8. The van der Waals surface area contributed by atoms with Gasteiger partial charge in [0, 0.05) is 30.1 Å². The Morgan fingerprint density at radius 2 is 2.47 bits per heavy atom. The Kier molecular flexibility index (Phi) is 6.09. The van der Waals surface area contributed by atoms with Gasteiger partial charge in [0.25, 0.3) is 5.91 Å². The van der Waals surface area contributed by atoms with E-state index in [1.54, 1.807) is 19.2 Å². The van der Waals surface area contributed by atoms with Crippen molar-refractivity contribution in [2.75, 3.05) is 20.3 Å². The van der Waals surface area contributed by atoms with Gasteiger partial charge in [-0.2, -0.15) is 0 Å². The predicted molar refractivity (Wildman–Crippen MR) is 66.0 cm³/mol. The lowest BCUT2D eigenvalue weighted by atomic mass is 10.4. The molecule has 1 rings (SSSR count). The molecule has 0 radical (unpaired) electrons. The molecule has 1 aromatic heterocycles. The maximum atomic E-state index is 11.7. The maximum Gasteiger partial charge on any atom is 0.261 e. The highest BCUT2D eigenvalue weighted by atomic mass is 32.1. The molecule has 0 saturated carbocycles. The molecular formula is C10H14N4O2S. The molecular weight excluding hydrogens is 240 g/mol. The van der Waals surface area contributed by atoms with E-state index in [-0.39, 0.29) is 12.5 Å². The molecule has 0 spiro atoms. The number of amides is 1. The minimum absolute atomic E-state index is 0.0988. The number of nitrogens with zero attached hydrogens (tertiary/aromatic N) is 3.